The molecule has 1 heterocycles. The molecule has 0 amide bonds. The number of halogens is 2. The molecular formula is C32H35BrClNO3. The summed E-state index contributed by atoms with van der Waals surface area (Å²) < 4.78 is 19.3. The van der Waals surface area contributed by atoms with E-state index in [9.17, 15) is 0 Å². The zero-order valence-electron chi connectivity index (χ0n) is 21.5. The van der Waals surface area contributed by atoms with E-state index in [-0.39, 0.29) is 18.5 Å². The van der Waals surface area contributed by atoms with Gasteiger partial charge in [0.1, 0.15) is 5.75 Å². The average molecular weight is 597 g/mol. The molecule has 4 aromatic carbocycles. The van der Waals surface area contributed by atoms with Gasteiger partial charge in [0.25, 0.3) is 0 Å². The summed E-state index contributed by atoms with van der Waals surface area (Å²) in [7, 11) is 0. The summed E-state index contributed by atoms with van der Waals surface area (Å²) in [6.07, 6.45) is 2.07. The van der Waals surface area contributed by atoms with E-state index in [1.807, 2.05) is 12.1 Å². The van der Waals surface area contributed by atoms with Gasteiger partial charge in [-0.25, -0.2) is 0 Å². The average Bonchev–Trinajstić information content (AvgIpc) is 2.94. The monoisotopic (exact) mass is 595 g/mol. The maximum absolute atomic E-state index is 6.45. The van der Waals surface area contributed by atoms with Gasteiger partial charge in [0.15, 0.2) is 0 Å². The van der Waals surface area contributed by atoms with E-state index in [4.69, 9.17) is 14.2 Å². The lowest BCUT2D eigenvalue weighted by molar-refractivity contribution is 0.0106. The summed E-state index contributed by atoms with van der Waals surface area (Å²) >= 11 is 3.49. The van der Waals surface area contributed by atoms with Crippen LogP contribution in [0.5, 0.6) is 5.75 Å². The molecular weight excluding hydrogens is 562 g/mol. The molecule has 0 aliphatic carbocycles. The van der Waals surface area contributed by atoms with Crippen molar-refractivity contribution in [2.24, 2.45) is 0 Å². The Morgan fingerprint density at radius 1 is 0.789 bits per heavy atom. The van der Waals surface area contributed by atoms with Crippen molar-refractivity contribution in [1.82, 2.24) is 5.32 Å². The van der Waals surface area contributed by atoms with Gasteiger partial charge in [-0.3, -0.25) is 0 Å². The molecule has 1 saturated heterocycles. The molecule has 0 radical (unpaired) electrons. The number of hydrogen-bond acceptors (Lipinski definition) is 4. The van der Waals surface area contributed by atoms with Crippen molar-refractivity contribution < 1.29 is 14.2 Å². The van der Waals surface area contributed by atoms with Crippen LogP contribution in [0.3, 0.4) is 0 Å². The standard InChI is InChI=1S/C32H34BrNO3.ClH/c33-29-8-3-5-24(20-29)22-35-17-4-18-36-30-13-11-27(12-14-30)31-15-16-34-21-32(31)37-23-25-9-10-26-6-1-2-7-28(26)19-25;/h1-3,5-14,19-20,31-32,34H,4,15-18,21-23H2;1H. The highest BCUT2D eigenvalue weighted by molar-refractivity contribution is 9.10. The Morgan fingerprint density at radius 2 is 1.61 bits per heavy atom. The summed E-state index contributed by atoms with van der Waals surface area (Å²) in [5.41, 5.74) is 3.70. The topological polar surface area (TPSA) is 39.7 Å². The maximum Gasteiger partial charge on any atom is 0.119 e. The first-order chi connectivity index (χ1) is 18.2. The number of hydrogen-bond donors (Lipinski definition) is 1. The smallest absolute Gasteiger partial charge is 0.119 e. The SMILES string of the molecule is Brc1cccc(COCCCOc2ccc(C3CCNCC3OCc3ccc4ccccc4c3)cc2)c1.Cl. The highest BCUT2D eigenvalue weighted by atomic mass is 79.9. The van der Waals surface area contributed by atoms with Crippen molar-refractivity contribution >= 4 is 39.1 Å². The van der Waals surface area contributed by atoms with E-state index < -0.39 is 0 Å². The molecule has 1 aliphatic rings. The van der Waals surface area contributed by atoms with E-state index in [2.05, 4.69) is 100 Å². The van der Waals surface area contributed by atoms with Crippen LogP contribution < -0.4 is 10.1 Å². The third-order valence-electron chi connectivity index (χ3n) is 6.87. The minimum absolute atomic E-state index is 0. The molecule has 2 atom stereocenters. The first kappa shape index (κ1) is 28.6. The molecule has 200 valence electrons. The van der Waals surface area contributed by atoms with Gasteiger partial charge in [-0.2, -0.15) is 0 Å². The zero-order chi connectivity index (χ0) is 25.3. The molecule has 1 fully saturated rings. The Labute approximate surface area is 240 Å². The number of benzene rings is 4. The molecule has 4 nitrogen and oxygen atoms in total. The normalized spacial score (nSPS) is 17.2. The fourth-order valence-electron chi connectivity index (χ4n) is 4.90. The van der Waals surface area contributed by atoms with E-state index >= 15 is 0 Å². The summed E-state index contributed by atoms with van der Waals surface area (Å²) in [6.45, 7) is 4.45. The zero-order valence-corrected chi connectivity index (χ0v) is 23.9. The Bertz CT molecular complexity index is 1280. The summed E-state index contributed by atoms with van der Waals surface area (Å²) in [5.74, 6) is 1.28. The molecule has 38 heavy (non-hydrogen) atoms. The third-order valence-corrected chi connectivity index (χ3v) is 7.37. The quantitative estimate of drug-likeness (QED) is 0.180. The predicted molar refractivity (Wildman–Crippen MR) is 160 cm³/mol. The van der Waals surface area contributed by atoms with E-state index in [0.717, 1.165) is 36.2 Å². The molecule has 2 unspecified atom stereocenters. The summed E-state index contributed by atoms with van der Waals surface area (Å²) in [6, 6.07) is 31.8. The van der Waals surface area contributed by atoms with Gasteiger partial charge in [-0.1, -0.05) is 76.6 Å². The minimum Gasteiger partial charge on any atom is -0.494 e. The Morgan fingerprint density at radius 3 is 2.45 bits per heavy atom. The summed E-state index contributed by atoms with van der Waals surface area (Å²) in [5, 5.41) is 6.03. The van der Waals surface area contributed by atoms with Gasteiger partial charge in [0, 0.05) is 23.4 Å². The fourth-order valence-corrected chi connectivity index (χ4v) is 5.34. The number of ether oxygens (including phenoxy) is 3. The number of fused-ring (bicyclic) bond motifs is 1. The van der Waals surface area contributed by atoms with Crippen LogP contribution >= 0.6 is 28.3 Å². The summed E-state index contributed by atoms with van der Waals surface area (Å²) in [4.78, 5) is 0. The second-order valence-electron chi connectivity index (χ2n) is 9.58. The third kappa shape index (κ3) is 8.05. The van der Waals surface area contributed by atoms with Crippen LogP contribution in [0.2, 0.25) is 0 Å². The molecule has 5 rings (SSSR count). The maximum atomic E-state index is 6.45. The van der Waals surface area contributed by atoms with Crippen molar-refractivity contribution in [3.8, 4) is 5.75 Å². The predicted octanol–water partition coefficient (Wildman–Crippen LogP) is 7.67. The van der Waals surface area contributed by atoms with Gasteiger partial charge in [0.05, 0.1) is 32.5 Å². The van der Waals surface area contributed by atoms with Crippen LogP contribution in [-0.2, 0) is 22.7 Å². The van der Waals surface area contributed by atoms with Crippen LogP contribution in [0, 0.1) is 0 Å². The molecule has 0 aromatic heterocycles. The molecule has 4 aromatic rings. The Balaban J connectivity index is 0.00000336. The van der Waals surface area contributed by atoms with Crippen molar-refractivity contribution in [3.05, 3.63) is 112 Å². The van der Waals surface area contributed by atoms with Crippen molar-refractivity contribution in [2.75, 3.05) is 26.3 Å². The van der Waals surface area contributed by atoms with Crippen molar-refractivity contribution in [2.45, 2.75) is 38.1 Å². The van der Waals surface area contributed by atoms with Crippen molar-refractivity contribution in [1.29, 1.82) is 0 Å². The Kier molecular flexibility index (Phi) is 11.0. The lowest BCUT2D eigenvalue weighted by Gasteiger charge is -2.32. The first-order valence-corrected chi connectivity index (χ1v) is 13.9. The van der Waals surface area contributed by atoms with Gasteiger partial charge in [-0.15, -0.1) is 12.4 Å². The van der Waals surface area contributed by atoms with Gasteiger partial charge in [0.2, 0.25) is 0 Å². The molecule has 1 aliphatic heterocycles. The van der Waals surface area contributed by atoms with Crippen LogP contribution in [0.4, 0.5) is 0 Å². The van der Waals surface area contributed by atoms with Crippen LogP contribution in [0.1, 0.15) is 35.4 Å². The number of rotatable bonds is 11. The van der Waals surface area contributed by atoms with Crippen LogP contribution in [0.15, 0.2) is 95.5 Å². The first-order valence-electron chi connectivity index (χ1n) is 13.1. The second-order valence-corrected chi connectivity index (χ2v) is 10.5. The fraction of sp³-hybridized carbons (Fsp3) is 0.312. The lowest BCUT2D eigenvalue weighted by Crippen LogP contribution is -2.40. The molecule has 0 spiro atoms. The highest BCUT2D eigenvalue weighted by Crippen LogP contribution is 2.30. The lowest BCUT2D eigenvalue weighted by atomic mass is 9.87. The van der Waals surface area contributed by atoms with E-state index in [0.29, 0.717) is 32.3 Å². The van der Waals surface area contributed by atoms with Crippen molar-refractivity contribution in [3.63, 3.8) is 0 Å². The van der Waals surface area contributed by atoms with E-state index in [1.165, 1.54) is 27.5 Å². The largest absolute Gasteiger partial charge is 0.494 e. The van der Waals surface area contributed by atoms with Gasteiger partial charge >= 0.3 is 0 Å². The Hall–Kier alpha value is -2.41. The highest BCUT2D eigenvalue weighted by Gasteiger charge is 2.27. The molecule has 1 N–H and O–H groups in total. The number of nitrogens with one attached hydrogen (secondary N) is 1. The molecule has 6 heteroatoms. The molecule has 0 bridgehead atoms. The van der Waals surface area contributed by atoms with E-state index in [1.54, 1.807) is 0 Å². The van der Waals surface area contributed by atoms with Crippen LogP contribution in [0.25, 0.3) is 10.8 Å². The van der Waals surface area contributed by atoms with Gasteiger partial charge < -0.3 is 19.5 Å². The van der Waals surface area contributed by atoms with Gasteiger partial charge in [-0.05, 0) is 70.8 Å². The minimum atomic E-state index is 0. The number of piperidine rings is 1. The second kappa shape index (κ2) is 14.7. The van der Waals surface area contributed by atoms with Crippen LogP contribution in [-0.4, -0.2) is 32.4 Å². The molecule has 0 saturated carbocycles.